The second kappa shape index (κ2) is 8.14. The van der Waals surface area contributed by atoms with Gasteiger partial charge < -0.3 is 0 Å². The van der Waals surface area contributed by atoms with Gasteiger partial charge in [-0.3, -0.25) is 9.69 Å². The highest BCUT2D eigenvalue weighted by Gasteiger charge is 2.36. The first-order valence-electron chi connectivity index (χ1n) is 9.63. The van der Waals surface area contributed by atoms with Crippen molar-refractivity contribution in [3.05, 3.63) is 41.3 Å². The molecule has 4 rings (SSSR count). The molecule has 1 aliphatic rings. The number of aromatic nitrogens is 1. The van der Waals surface area contributed by atoms with Gasteiger partial charge in [0.05, 0.1) is 16.1 Å². The van der Waals surface area contributed by atoms with E-state index in [1.807, 2.05) is 44.2 Å². The molecule has 0 spiro atoms. The highest BCUT2D eigenvalue weighted by atomic mass is 32.2. The summed E-state index contributed by atoms with van der Waals surface area (Å²) in [5.41, 5.74) is 0.875. The zero-order valence-corrected chi connectivity index (χ0v) is 18.8. The average molecular weight is 450 g/mol. The fourth-order valence-electron chi connectivity index (χ4n) is 3.62. The van der Waals surface area contributed by atoms with Gasteiger partial charge in [0.1, 0.15) is 4.21 Å². The molecule has 154 valence electrons. The van der Waals surface area contributed by atoms with Crippen molar-refractivity contribution in [3.63, 3.8) is 0 Å². The van der Waals surface area contributed by atoms with E-state index in [0.717, 1.165) is 15.1 Å². The molecule has 29 heavy (non-hydrogen) atoms. The molecular weight excluding hydrogens is 426 g/mol. The summed E-state index contributed by atoms with van der Waals surface area (Å²) in [5, 5.41) is 0.674. The summed E-state index contributed by atoms with van der Waals surface area (Å²) >= 11 is 2.77. The van der Waals surface area contributed by atoms with E-state index in [1.165, 1.54) is 27.0 Å². The van der Waals surface area contributed by atoms with E-state index >= 15 is 0 Å². The number of hydrogen-bond acceptors (Lipinski definition) is 6. The summed E-state index contributed by atoms with van der Waals surface area (Å²) in [6.07, 6.45) is 1.37. The van der Waals surface area contributed by atoms with E-state index in [1.54, 1.807) is 11.0 Å². The minimum Gasteiger partial charge on any atom is -0.288 e. The molecule has 0 aliphatic carbocycles. The molecule has 0 radical (unpaired) electrons. The minimum atomic E-state index is -3.56. The Kier molecular flexibility index (Phi) is 5.74. The number of nitrogens with zero attached hydrogens (tertiary/aromatic N) is 3. The Morgan fingerprint density at radius 3 is 2.72 bits per heavy atom. The van der Waals surface area contributed by atoms with Crippen LogP contribution in [0.2, 0.25) is 0 Å². The lowest BCUT2D eigenvalue weighted by atomic mass is 9.98. The highest BCUT2D eigenvalue weighted by Crippen LogP contribution is 2.32. The summed E-state index contributed by atoms with van der Waals surface area (Å²) in [6, 6.07) is 11.3. The standard InChI is InChI=1S/C20H23N3O3S3/c1-3-23(20-21-16-8-4-5-9-17(16)28-20)19(24)15-7-6-12-22(13-15)29(25,26)18-11-10-14(2)27-18/h4-5,8-11,15H,3,6-7,12-13H2,1-2H3. The average Bonchev–Trinajstić information content (AvgIpc) is 3.35. The predicted octanol–water partition coefficient (Wildman–Crippen LogP) is 4.12. The molecule has 3 heterocycles. The molecule has 2 aromatic heterocycles. The number of benzene rings is 1. The second-order valence-electron chi connectivity index (χ2n) is 7.11. The Morgan fingerprint density at radius 2 is 2.03 bits per heavy atom. The van der Waals surface area contributed by atoms with Gasteiger partial charge in [0.25, 0.3) is 10.0 Å². The van der Waals surface area contributed by atoms with E-state index in [2.05, 4.69) is 4.98 Å². The lowest BCUT2D eigenvalue weighted by Gasteiger charge is -2.33. The number of piperidine rings is 1. The van der Waals surface area contributed by atoms with Gasteiger partial charge in [0, 0.05) is 24.5 Å². The first kappa shape index (κ1) is 20.5. The molecule has 1 aromatic carbocycles. The van der Waals surface area contributed by atoms with Crippen LogP contribution in [0.1, 0.15) is 24.6 Å². The van der Waals surface area contributed by atoms with E-state index in [0.29, 0.717) is 35.3 Å². The molecule has 0 saturated carbocycles. The lowest BCUT2D eigenvalue weighted by molar-refractivity contribution is -0.123. The van der Waals surface area contributed by atoms with Crippen molar-refractivity contribution in [1.82, 2.24) is 9.29 Å². The summed E-state index contributed by atoms with van der Waals surface area (Å²) < 4.78 is 28.8. The van der Waals surface area contributed by atoms with E-state index in [9.17, 15) is 13.2 Å². The van der Waals surface area contributed by atoms with Crippen LogP contribution in [0.3, 0.4) is 0 Å². The molecule has 1 atom stereocenters. The Balaban J connectivity index is 1.56. The van der Waals surface area contributed by atoms with Gasteiger partial charge in [0.2, 0.25) is 5.91 Å². The van der Waals surface area contributed by atoms with Crippen LogP contribution in [0, 0.1) is 12.8 Å². The van der Waals surface area contributed by atoms with Crippen molar-refractivity contribution in [3.8, 4) is 0 Å². The third-order valence-electron chi connectivity index (χ3n) is 5.14. The molecule has 1 fully saturated rings. The number of sulfonamides is 1. The van der Waals surface area contributed by atoms with Gasteiger partial charge in [-0.1, -0.05) is 23.5 Å². The topological polar surface area (TPSA) is 70.6 Å². The number of thiophene rings is 1. The molecule has 1 saturated heterocycles. The molecular formula is C20H23N3O3S3. The van der Waals surface area contributed by atoms with Gasteiger partial charge in [0.15, 0.2) is 5.13 Å². The number of fused-ring (bicyclic) bond motifs is 1. The second-order valence-corrected chi connectivity index (χ2v) is 11.6. The number of amides is 1. The van der Waals surface area contributed by atoms with Crippen LogP contribution in [-0.2, 0) is 14.8 Å². The van der Waals surface area contributed by atoms with Crippen molar-refractivity contribution in [2.45, 2.75) is 30.9 Å². The molecule has 9 heteroatoms. The Labute approximate surface area is 178 Å². The fourth-order valence-corrected chi connectivity index (χ4v) is 7.62. The number of hydrogen-bond donors (Lipinski definition) is 0. The van der Waals surface area contributed by atoms with Crippen LogP contribution >= 0.6 is 22.7 Å². The van der Waals surface area contributed by atoms with Crippen molar-refractivity contribution < 1.29 is 13.2 Å². The van der Waals surface area contributed by atoms with E-state index in [4.69, 9.17) is 0 Å². The van der Waals surface area contributed by atoms with Gasteiger partial charge >= 0.3 is 0 Å². The fraction of sp³-hybridized carbons (Fsp3) is 0.400. The maximum Gasteiger partial charge on any atom is 0.252 e. The van der Waals surface area contributed by atoms with Crippen LogP contribution in [0.25, 0.3) is 10.2 Å². The number of thiazole rings is 1. The Bertz CT molecular complexity index is 1100. The highest BCUT2D eigenvalue weighted by molar-refractivity contribution is 7.91. The number of anilines is 1. The number of rotatable bonds is 5. The zero-order chi connectivity index (χ0) is 20.6. The number of para-hydroxylation sites is 1. The summed E-state index contributed by atoms with van der Waals surface area (Å²) in [5.74, 6) is -0.402. The van der Waals surface area contributed by atoms with E-state index in [-0.39, 0.29) is 18.4 Å². The van der Waals surface area contributed by atoms with Gasteiger partial charge in [-0.15, -0.1) is 11.3 Å². The Hall–Kier alpha value is -1.81. The Morgan fingerprint density at radius 1 is 1.24 bits per heavy atom. The molecule has 1 unspecified atom stereocenters. The number of carbonyl (C=O) groups is 1. The van der Waals surface area contributed by atoms with Gasteiger partial charge in [-0.05, 0) is 51.0 Å². The van der Waals surface area contributed by atoms with Crippen molar-refractivity contribution in [2.24, 2.45) is 5.92 Å². The van der Waals surface area contributed by atoms with Crippen molar-refractivity contribution in [2.75, 3.05) is 24.5 Å². The molecule has 6 nitrogen and oxygen atoms in total. The van der Waals surface area contributed by atoms with Crippen LogP contribution in [0.5, 0.6) is 0 Å². The third kappa shape index (κ3) is 3.96. The van der Waals surface area contributed by atoms with E-state index < -0.39 is 10.0 Å². The zero-order valence-electron chi connectivity index (χ0n) is 16.4. The first-order chi connectivity index (χ1) is 13.9. The number of aryl methyl sites for hydroxylation is 1. The molecule has 0 bridgehead atoms. The SMILES string of the molecule is CCN(C(=O)C1CCCN(S(=O)(=O)c2ccc(C)s2)C1)c1nc2ccccc2s1. The van der Waals surface area contributed by atoms with Crippen LogP contribution < -0.4 is 4.90 Å². The van der Waals surface area contributed by atoms with Crippen molar-refractivity contribution >= 4 is 54.0 Å². The smallest absolute Gasteiger partial charge is 0.252 e. The van der Waals surface area contributed by atoms with Crippen LogP contribution in [0.4, 0.5) is 5.13 Å². The quantitative estimate of drug-likeness (QED) is 0.587. The van der Waals surface area contributed by atoms with Crippen molar-refractivity contribution in [1.29, 1.82) is 0 Å². The first-order valence-corrected chi connectivity index (χ1v) is 12.7. The van der Waals surface area contributed by atoms with Crippen LogP contribution in [-0.4, -0.2) is 43.2 Å². The predicted molar refractivity (Wildman–Crippen MR) is 118 cm³/mol. The van der Waals surface area contributed by atoms with Gasteiger partial charge in [-0.25, -0.2) is 13.4 Å². The molecule has 3 aromatic rings. The van der Waals surface area contributed by atoms with Crippen LogP contribution in [0.15, 0.2) is 40.6 Å². The summed E-state index contributed by atoms with van der Waals surface area (Å²) in [6.45, 7) is 5.00. The normalized spacial score (nSPS) is 18.2. The maximum absolute atomic E-state index is 13.3. The molecule has 1 amide bonds. The maximum atomic E-state index is 13.3. The molecule has 1 aliphatic heterocycles. The third-order valence-corrected chi connectivity index (χ3v) is 9.53. The summed E-state index contributed by atoms with van der Waals surface area (Å²) in [4.78, 5) is 20.6. The summed E-state index contributed by atoms with van der Waals surface area (Å²) in [7, 11) is -3.56. The minimum absolute atomic E-state index is 0.0474. The monoisotopic (exact) mass is 449 g/mol. The largest absolute Gasteiger partial charge is 0.288 e. The van der Waals surface area contributed by atoms with Gasteiger partial charge in [-0.2, -0.15) is 4.31 Å². The lowest BCUT2D eigenvalue weighted by Crippen LogP contribution is -2.46. The number of carbonyl (C=O) groups excluding carboxylic acids is 1. The molecule has 0 N–H and O–H groups in total.